The highest BCUT2D eigenvalue weighted by molar-refractivity contribution is 6.01. The maximum Gasteiger partial charge on any atom is 0.418 e. The number of carbonyl (C=O) groups excluding carboxylic acids is 1. The first-order chi connectivity index (χ1) is 10.9. The summed E-state index contributed by atoms with van der Waals surface area (Å²) in [6, 6.07) is 10.7. The lowest BCUT2D eigenvalue weighted by Gasteiger charge is -2.15. The van der Waals surface area contributed by atoms with Crippen LogP contribution in [0.15, 0.2) is 48.5 Å². The number of benzene rings is 2. The third kappa shape index (κ3) is 4.38. The molecule has 0 aliphatic carbocycles. The van der Waals surface area contributed by atoms with Crippen LogP contribution in [-0.4, -0.2) is 12.6 Å². The number of nitrogens with one attached hydrogen (secondary N) is 2. The van der Waals surface area contributed by atoms with E-state index in [0.717, 1.165) is 6.07 Å². The summed E-state index contributed by atoms with van der Waals surface area (Å²) in [7, 11) is 0. The summed E-state index contributed by atoms with van der Waals surface area (Å²) in [5, 5.41) is 4.69. The molecule has 0 aliphatic heterocycles. The molecule has 0 bridgehead atoms. The van der Waals surface area contributed by atoms with E-state index in [4.69, 9.17) is 4.74 Å². The lowest BCUT2D eigenvalue weighted by Crippen LogP contribution is -2.22. The minimum atomic E-state index is -4.55. The fraction of sp³-hybridized carbons (Fsp3) is 0.188. The predicted octanol–water partition coefficient (Wildman–Crippen LogP) is 4.75. The standard InChI is InChI=1S/C16H15F3N2O2/c1-2-23-14-10-6-5-9-13(14)21-15(22)20-12-8-4-3-7-11(12)16(17,18)19/h3-10H,2H2,1H3,(H2,20,21,22). The third-order valence-electron chi connectivity index (χ3n) is 2.92. The van der Waals surface area contributed by atoms with E-state index in [0.29, 0.717) is 18.0 Å². The summed E-state index contributed by atoms with van der Waals surface area (Å²) in [6.45, 7) is 2.19. The summed E-state index contributed by atoms with van der Waals surface area (Å²) in [6.07, 6.45) is -4.55. The molecular formula is C16H15F3N2O2. The first kappa shape index (κ1) is 16.7. The van der Waals surface area contributed by atoms with Crippen LogP contribution < -0.4 is 15.4 Å². The Labute approximate surface area is 131 Å². The molecule has 2 rings (SSSR count). The second kappa shape index (κ2) is 7.04. The predicted molar refractivity (Wildman–Crippen MR) is 81.7 cm³/mol. The molecule has 23 heavy (non-hydrogen) atoms. The highest BCUT2D eigenvalue weighted by Gasteiger charge is 2.33. The van der Waals surface area contributed by atoms with Gasteiger partial charge in [0.05, 0.1) is 23.5 Å². The second-order valence-corrected chi connectivity index (χ2v) is 4.55. The normalized spacial score (nSPS) is 11.0. The summed E-state index contributed by atoms with van der Waals surface area (Å²) in [4.78, 5) is 12.0. The molecule has 0 spiro atoms. The maximum atomic E-state index is 12.9. The number of hydrogen-bond donors (Lipinski definition) is 2. The smallest absolute Gasteiger partial charge is 0.418 e. The minimum absolute atomic E-state index is 0.314. The third-order valence-corrected chi connectivity index (χ3v) is 2.92. The van der Waals surface area contributed by atoms with Gasteiger partial charge >= 0.3 is 12.2 Å². The van der Waals surface area contributed by atoms with E-state index in [1.54, 1.807) is 31.2 Å². The molecular weight excluding hydrogens is 309 g/mol. The van der Waals surface area contributed by atoms with Crippen molar-refractivity contribution in [1.29, 1.82) is 0 Å². The van der Waals surface area contributed by atoms with Crippen molar-refractivity contribution in [3.63, 3.8) is 0 Å². The number of ether oxygens (including phenoxy) is 1. The highest BCUT2D eigenvalue weighted by Crippen LogP contribution is 2.34. The minimum Gasteiger partial charge on any atom is -0.492 e. The number of amides is 2. The molecule has 0 heterocycles. The molecule has 2 amide bonds. The molecule has 2 N–H and O–H groups in total. The molecule has 0 unspecified atom stereocenters. The van der Waals surface area contributed by atoms with Crippen molar-refractivity contribution in [2.24, 2.45) is 0 Å². The van der Waals surface area contributed by atoms with Gasteiger partial charge < -0.3 is 15.4 Å². The summed E-state index contributed by atoms with van der Waals surface area (Å²) in [5.41, 5.74) is -0.851. The number of rotatable bonds is 4. The molecule has 4 nitrogen and oxygen atoms in total. The average molecular weight is 324 g/mol. The van der Waals surface area contributed by atoms with Crippen molar-refractivity contribution in [2.45, 2.75) is 13.1 Å². The molecule has 122 valence electrons. The van der Waals surface area contributed by atoms with E-state index in [9.17, 15) is 18.0 Å². The second-order valence-electron chi connectivity index (χ2n) is 4.55. The SMILES string of the molecule is CCOc1ccccc1NC(=O)Nc1ccccc1C(F)(F)F. The average Bonchev–Trinajstić information content (AvgIpc) is 2.49. The lowest BCUT2D eigenvalue weighted by atomic mass is 10.1. The van der Waals surface area contributed by atoms with E-state index in [2.05, 4.69) is 10.6 Å². The zero-order valence-electron chi connectivity index (χ0n) is 12.3. The summed E-state index contributed by atoms with van der Waals surface area (Å²) < 4.78 is 44.0. The van der Waals surface area contributed by atoms with Gasteiger partial charge in [0.15, 0.2) is 0 Å². The van der Waals surface area contributed by atoms with Crippen molar-refractivity contribution in [3.8, 4) is 5.75 Å². The van der Waals surface area contributed by atoms with Crippen LogP contribution >= 0.6 is 0 Å². The van der Waals surface area contributed by atoms with E-state index in [1.807, 2.05) is 0 Å². The van der Waals surface area contributed by atoms with Crippen LogP contribution in [0.4, 0.5) is 29.3 Å². The van der Waals surface area contributed by atoms with Crippen LogP contribution in [-0.2, 0) is 6.18 Å². The van der Waals surface area contributed by atoms with Gasteiger partial charge in [-0.15, -0.1) is 0 Å². The van der Waals surface area contributed by atoms with Gasteiger partial charge in [-0.25, -0.2) is 4.79 Å². The van der Waals surface area contributed by atoms with Gasteiger partial charge in [0.1, 0.15) is 5.75 Å². The first-order valence-electron chi connectivity index (χ1n) is 6.88. The van der Waals surface area contributed by atoms with E-state index in [-0.39, 0.29) is 5.69 Å². The largest absolute Gasteiger partial charge is 0.492 e. The first-order valence-corrected chi connectivity index (χ1v) is 6.88. The van der Waals surface area contributed by atoms with Crippen molar-refractivity contribution < 1.29 is 22.7 Å². The van der Waals surface area contributed by atoms with Gasteiger partial charge in [-0.1, -0.05) is 24.3 Å². The Morgan fingerprint density at radius 2 is 1.57 bits per heavy atom. The van der Waals surface area contributed by atoms with Crippen LogP contribution in [0, 0.1) is 0 Å². The van der Waals surface area contributed by atoms with E-state index < -0.39 is 17.8 Å². The quantitative estimate of drug-likeness (QED) is 0.853. The number of hydrogen-bond acceptors (Lipinski definition) is 2. The van der Waals surface area contributed by atoms with Crippen LogP contribution in [0.2, 0.25) is 0 Å². The molecule has 2 aromatic carbocycles. The molecule has 7 heteroatoms. The Morgan fingerprint density at radius 1 is 1.00 bits per heavy atom. The number of urea groups is 1. The highest BCUT2D eigenvalue weighted by atomic mass is 19.4. The number of halogens is 3. The van der Waals surface area contributed by atoms with Crippen LogP contribution in [0.1, 0.15) is 12.5 Å². The molecule has 0 saturated heterocycles. The topological polar surface area (TPSA) is 50.4 Å². The maximum absolute atomic E-state index is 12.9. The molecule has 0 saturated carbocycles. The fourth-order valence-electron chi connectivity index (χ4n) is 1.97. The van der Waals surface area contributed by atoms with Gasteiger partial charge in [0, 0.05) is 0 Å². The molecule has 0 fully saturated rings. The zero-order valence-corrected chi connectivity index (χ0v) is 12.3. The van der Waals surface area contributed by atoms with E-state index in [1.165, 1.54) is 18.2 Å². The number of anilines is 2. The zero-order chi connectivity index (χ0) is 16.9. The molecule has 0 aromatic heterocycles. The van der Waals surface area contributed by atoms with Crippen molar-refractivity contribution in [2.75, 3.05) is 17.2 Å². The number of para-hydroxylation sites is 3. The van der Waals surface area contributed by atoms with E-state index >= 15 is 0 Å². The van der Waals surface area contributed by atoms with Gasteiger partial charge in [-0.05, 0) is 31.2 Å². The van der Waals surface area contributed by atoms with Crippen molar-refractivity contribution in [3.05, 3.63) is 54.1 Å². The van der Waals surface area contributed by atoms with Gasteiger partial charge in [0.25, 0.3) is 0 Å². The molecule has 0 aliphatic rings. The Balaban J connectivity index is 2.15. The van der Waals surface area contributed by atoms with Gasteiger partial charge in [-0.3, -0.25) is 0 Å². The summed E-state index contributed by atoms with van der Waals surface area (Å²) >= 11 is 0. The van der Waals surface area contributed by atoms with Crippen molar-refractivity contribution in [1.82, 2.24) is 0 Å². The number of carbonyl (C=O) groups is 1. The van der Waals surface area contributed by atoms with Gasteiger partial charge in [0.2, 0.25) is 0 Å². The van der Waals surface area contributed by atoms with Crippen LogP contribution in [0.3, 0.4) is 0 Å². The van der Waals surface area contributed by atoms with Gasteiger partial charge in [-0.2, -0.15) is 13.2 Å². The molecule has 0 atom stereocenters. The Kier molecular flexibility index (Phi) is 5.10. The fourth-order valence-corrected chi connectivity index (χ4v) is 1.97. The Hall–Kier alpha value is -2.70. The lowest BCUT2D eigenvalue weighted by molar-refractivity contribution is -0.136. The summed E-state index contributed by atoms with van der Waals surface area (Å²) in [5.74, 6) is 0.439. The monoisotopic (exact) mass is 324 g/mol. The Morgan fingerprint density at radius 3 is 2.22 bits per heavy atom. The Bertz CT molecular complexity index is 687. The molecule has 0 radical (unpaired) electrons. The molecule has 2 aromatic rings. The van der Waals surface area contributed by atoms with Crippen molar-refractivity contribution >= 4 is 17.4 Å². The van der Waals surface area contributed by atoms with Crippen LogP contribution in [0.5, 0.6) is 5.75 Å². The number of alkyl halides is 3. The van der Waals surface area contributed by atoms with Crippen LogP contribution in [0.25, 0.3) is 0 Å².